The van der Waals surface area contributed by atoms with E-state index in [1.54, 1.807) is 0 Å². The smallest absolute Gasteiger partial charge is 0.261 e. The summed E-state index contributed by atoms with van der Waals surface area (Å²) in [7, 11) is -3.98. The fraction of sp³-hybridized carbons (Fsp3) is 0. The van der Waals surface area contributed by atoms with Gasteiger partial charge in [-0.25, -0.2) is 8.42 Å². The van der Waals surface area contributed by atoms with E-state index >= 15 is 0 Å². The molecule has 0 aliphatic heterocycles. The highest BCUT2D eigenvalue weighted by molar-refractivity contribution is 7.92. The van der Waals surface area contributed by atoms with Gasteiger partial charge < -0.3 is 15.0 Å². The largest absolute Gasteiger partial charge is 0.545 e. The lowest BCUT2D eigenvalue weighted by Crippen LogP contribution is -2.23. The first kappa shape index (κ1) is 15.1. The molecule has 2 aromatic carbocycles. The van der Waals surface area contributed by atoms with Gasteiger partial charge >= 0.3 is 0 Å². The van der Waals surface area contributed by atoms with E-state index in [9.17, 15) is 23.4 Å². The van der Waals surface area contributed by atoms with Crippen molar-refractivity contribution in [1.82, 2.24) is 0 Å². The van der Waals surface area contributed by atoms with E-state index in [0.717, 1.165) is 6.07 Å². The average molecular weight is 327 g/mol. The molecule has 2 aromatic rings. The van der Waals surface area contributed by atoms with Crippen LogP contribution in [0.4, 0.5) is 5.69 Å². The zero-order chi connectivity index (χ0) is 15.6. The first-order chi connectivity index (χ1) is 9.79. The van der Waals surface area contributed by atoms with Crippen LogP contribution in [-0.4, -0.2) is 19.5 Å². The molecule has 6 nitrogen and oxygen atoms in total. The Balaban J connectivity index is 2.36. The Bertz CT molecular complexity index is 804. The Morgan fingerprint density at radius 2 is 1.90 bits per heavy atom. The van der Waals surface area contributed by atoms with Crippen LogP contribution in [0.25, 0.3) is 0 Å². The summed E-state index contributed by atoms with van der Waals surface area (Å²) in [5.74, 6) is -1.65. The van der Waals surface area contributed by atoms with Crippen molar-refractivity contribution < 1.29 is 23.4 Å². The fourth-order valence-corrected chi connectivity index (χ4v) is 2.85. The normalized spacial score (nSPS) is 11.1. The molecule has 0 amide bonds. The number of carboxylic acids is 1. The van der Waals surface area contributed by atoms with Gasteiger partial charge in [0.25, 0.3) is 10.0 Å². The summed E-state index contributed by atoms with van der Waals surface area (Å²) in [5.41, 5.74) is -0.113. The summed E-state index contributed by atoms with van der Waals surface area (Å²) in [4.78, 5) is 10.5. The molecule has 2 N–H and O–H groups in total. The predicted molar refractivity (Wildman–Crippen MR) is 74.7 cm³/mol. The lowest BCUT2D eigenvalue weighted by Gasteiger charge is -2.10. The number of carboxylic acid groups (broad SMARTS) is 1. The van der Waals surface area contributed by atoms with Crippen LogP contribution in [0.5, 0.6) is 5.75 Å². The standard InChI is InChI=1S/C13H10ClNO5S/c14-11-7-9(4-5-12(11)16)15-21(19,20)10-3-1-2-8(6-10)13(17)18/h1-7,15-16H,(H,17,18)/p-1. The number of aromatic carboxylic acids is 1. The van der Waals surface area contributed by atoms with Crippen molar-refractivity contribution >= 4 is 33.3 Å². The number of sulfonamides is 1. The molecule has 0 radical (unpaired) electrons. The Morgan fingerprint density at radius 1 is 1.19 bits per heavy atom. The van der Waals surface area contributed by atoms with Crippen molar-refractivity contribution in [1.29, 1.82) is 0 Å². The molecule has 0 aromatic heterocycles. The van der Waals surface area contributed by atoms with Crippen LogP contribution in [0, 0.1) is 0 Å². The number of hydrogen-bond donors (Lipinski definition) is 2. The molecule has 0 unspecified atom stereocenters. The number of aromatic hydroxyl groups is 1. The zero-order valence-electron chi connectivity index (χ0n) is 10.4. The molecule has 0 aliphatic carbocycles. The molecule has 110 valence electrons. The summed E-state index contributed by atoms with van der Waals surface area (Å²) in [6, 6.07) is 8.54. The third kappa shape index (κ3) is 3.45. The van der Waals surface area contributed by atoms with Gasteiger partial charge in [0, 0.05) is 0 Å². The number of phenolic OH excluding ortho intramolecular Hbond substituents is 1. The molecule has 0 bridgehead atoms. The van der Waals surface area contributed by atoms with Gasteiger partial charge in [-0.3, -0.25) is 4.72 Å². The average Bonchev–Trinajstić information content (AvgIpc) is 2.43. The number of phenols is 1. The topological polar surface area (TPSA) is 107 Å². The number of nitrogens with one attached hydrogen (secondary N) is 1. The molecule has 0 saturated heterocycles. The van der Waals surface area contributed by atoms with Crippen LogP contribution in [-0.2, 0) is 10.0 Å². The second kappa shape index (κ2) is 5.63. The van der Waals surface area contributed by atoms with Gasteiger partial charge in [-0.1, -0.05) is 23.7 Å². The number of anilines is 1. The summed E-state index contributed by atoms with van der Waals surface area (Å²) in [6.07, 6.45) is 0. The van der Waals surface area contributed by atoms with E-state index in [4.69, 9.17) is 11.6 Å². The number of hydrogen-bond acceptors (Lipinski definition) is 5. The molecule has 0 heterocycles. The lowest BCUT2D eigenvalue weighted by atomic mass is 10.2. The maximum atomic E-state index is 12.1. The van der Waals surface area contributed by atoms with Crippen LogP contribution in [0.15, 0.2) is 47.4 Å². The SMILES string of the molecule is O=C([O-])c1cccc(S(=O)(=O)Nc2ccc(O)c(Cl)c2)c1. The Labute approximate surface area is 125 Å². The number of halogens is 1. The molecule has 0 fully saturated rings. The molecule has 0 saturated carbocycles. The van der Waals surface area contributed by atoms with Gasteiger partial charge in [0.1, 0.15) is 5.75 Å². The maximum Gasteiger partial charge on any atom is 0.261 e. The van der Waals surface area contributed by atoms with Crippen LogP contribution in [0.3, 0.4) is 0 Å². The van der Waals surface area contributed by atoms with Crippen molar-refractivity contribution in [3.05, 3.63) is 53.1 Å². The van der Waals surface area contributed by atoms with Crippen molar-refractivity contribution in [2.75, 3.05) is 4.72 Å². The van der Waals surface area contributed by atoms with Crippen molar-refractivity contribution in [3.8, 4) is 5.75 Å². The summed E-state index contributed by atoms with van der Waals surface area (Å²) >= 11 is 5.68. The van der Waals surface area contributed by atoms with E-state index in [1.165, 1.54) is 36.4 Å². The minimum absolute atomic E-state index is 0.0151. The van der Waals surface area contributed by atoms with E-state index in [1.807, 2.05) is 0 Å². The van der Waals surface area contributed by atoms with E-state index in [0.29, 0.717) is 0 Å². The van der Waals surface area contributed by atoms with Gasteiger partial charge in [-0.2, -0.15) is 0 Å². The quantitative estimate of drug-likeness (QED) is 0.821. The zero-order valence-corrected chi connectivity index (χ0v) is 12.0. The molecule has 21 heavy (non-hydrogen) atoms. The second-order valence-electron chi connectivity index (χ2n) is 4.09. The molecule has 2 rings (SSSR count). The molecule has 0 aliphatic rings. The monoisotopic (exact) mass is 326 g/mol. The van der Waals surface area contributed by atoms with Gasteiger partial charge in [-0.15, -0.1) is 0 Å². The molecule has 0 spiro atoms. The number of carbonyl (C=O) groups excluding carboxylic acids is 1. The lowest BCUT2D eigenvalue weighted by molar-refractivity contribution is -0.255. The minimum Gasteiger partial charge on any atom is -0.545 e. The highest BCUT2D eigenvalue weighted by Gasteiger charge is 2.15. The molecular weight excluding hydrogens is 318 g/mol. The van der Waals surface area contributed by atoms with Crippen molar-refractivity contribution in [2.24, 2.45) is 0 Å². The number of rotatable bonds is 4. The Kier molecular flexibility index (Phi) is 4.06. The minimum atomic E-state index is -3.98. The highest BCUT2D eigenvalue weighted by Crippen LogP contribution is 2.27. The van der Waals surface area contributed by atoms with Crippen LogP contribution < -0.4 is 9.83 Å². The maximum absolute atomic E-state index is 12.1. The van der Waals surface area contributed by atoms with E-state index < -0.39 is 16.0 Å². The first-order valence-corrected chi connectivity index (χ1v) is 7.48. The Morgan fingerprint density at radius 3 is 2.52 bits per heavy atom. The third-order valence-corrected chi connectivity index (χ3v) is 4.26. The second-order valence-corrected chi connectivity index (χ2v) is 6.18. The van der Waals surface area contributed by atoms with Crippen LogP contribution in [0.1, 0.15) is 10.4 Å². The van der Waals surface area contributed by atoms with Crippen LogP contribution in [0.2, 0.25) is 5.02 Å². The van der Waals surface area contributed by atoms with Crippen molar-refractivity contribution in [2.45, 2.75) is 4.90 Å². The number of carbonyl (C=O) groups is 1. The summed E-state index contributed by atoms with van der Waals surface area (Å²) in [6.45, 7) is 0. The predicted octanol–water partition coefficient (Wildman–Crippen LogP) is 1.21. The molecule has 0 atom stereocenters. The number of benzene rings is 2. The highest BCUT2D eigenvalue weighted by atomic mass is 35.5. The van der Waals surface area contributed by atoms with E-state index in [2.05, 4.69) is 4.72 Å². The Hall–Kier alpha value is -2.25. The summed E-state index contributed by atoms with van der Waals surface area (Å²) in [5, 5.41) is 20.0. The fourth-order valence-electron chi connectivity index (χ4n) is 1.57. The van der Waals surface area contributed by atoms with Gasteiger partial charge in [0.15, 0.2) is 0 Å². The van der Waals surface area contributed by atoms with Gasteiger partial charge in [0.2, 0.25) is 0 Å². The summed E-state index contributed by atoms with van der Waals surface area (Å²) < 4.78 is 26.5. The first-order valence-electron chi connectivity index (χ1n) is 5.62. The van der Waals surface area contributed by atoms with Gasteiger partial charge in [-0.05, 0) is 35.9 Å². The molecular formula is C13H9ClNO5S-. The van der Waals surface area contributed by atoms with Crippen LogP contribution >= 0.6 is 11.6 Å². The third-order valence-electron chi connectivity index (χ3n) is 2.58. The van der Waals surface area contributed by atoms with Gasteiger partial charge in [0.05, 0.1) is 21.6 Å². The van der Waals surface area contributed by atoms with Crippen molar-refractivity contribution in [3.63, 3.8) is 0 Å². The molecule has 8 heteroatoms. The van der Waals surface area contributed by atoms with E-state index in [-0.39, 0.29) is 26.9 Å².